The molecule has 2 rings (SSSR count). The Balaban J connectivity index is 2.27. The Labute approximate surface area is 141 Å². The van der Waals surface area contributed by atoms with Gasteiger partial charge in [-0.15, -0.1) is 0 Å². The van der Waals surface area contributed by atoms with Gasteiger partial charge in [0.15, 0.2) is 0 Å². The molecule has 0 spiro atoms. The Morgan fingerprint density at radius 1 is 1.05 bits per heavy atom. The Kier molecular flexibility index (Phi) is 6.38. The summed E-state index contributed by atoms with van der Waals surface area (Å²) >= 11 is 18.6. The molecular weight excluding hydrogens is 325 g/mol. The third-order valence-corrected chi connectivity index (χ3v) is 4.40. The molecule has 0 heterocycles. The van der Waals surface area contributed by atoms with Crippen molar-refractivity contribution >= 4 is 34.8 Å². The second-order valence-electron chi connectivity index (χ2n) is 4.98. The van der Waals surface area contributed by atoms with E-state index >= 15 is 0 Å². The van der Waals surface area contributed by atoms with Gasteiger partial charge in [0.1, 0.15) is 0 Å². The first kappa shape index (κ1) is 16.6. The van der Waals surface area contributed by atoms with E-state index in [9.17, 15) is 0 Å². The molecule has 1 N–H and O–H groups in total. The van der Waals surface area contributed by atoms with Gasteiger partial charge in [-0.2, -0.15) is 0 Å². The molecule has 1 unspecified atom stereocenters. The van der Waals surface area contributed by atoms with E-state index in [-0.39, 0.29) is 6.04 Å². The van der Waals surface area contributed by atoms with Crippen molar-refractivity contribution in [1.82, 2.24) is 5.32 Å². The standard InChI is InChI=1S/C17H18Cl3N/c1-2-9-21-16(11-12-5-3-6-13(18)10-12)14-7-4-8-15(19)17(14)20/h3-8,10,16,21H,2,9,11H2,1H3. The molecule has 0 aliphatic heterocycles. The largest absolute Gasteiger partial charge is 0.310 e. The summed E-state index contributed by atoms with van der Waals surface area (Å²) in [5.74, 6) is 0. The highest BCUT2D eigenvalue weighted by Crippen LogP contribution is 2.31. The van der Waals surface area contributed by atoms with E-state index in [2.05, 4.69) is 18.3 Å². The number of halogens is 3. The summed E-state index contributed by atoms with van der Waals surface area (Å²) in [4.78, 5) is 0. The van der Waals surface area contributed by atoms with Crippen molar-refractivity contribution in [1.29, 1.82) is 0 Å². The second kappa shape index (κ2) is 8.05. The summed E-state index contributed by atoms with van der Waals surface area (Å²) in [5.41, 5.74) is 2.20. The summed E-state index contributed by atoms with van der Waals surface area (Å²) in [6.07, 6.45) is 1.88. The van der Waals surface area contributed by atoms with E-state index in [1.165, 1.54) is 5.56 Å². The molecule has 0 radical (unpaired) electrons. The molecule has 0 aliphatic rings. The van der Waals surface area contributed by atoms with Crippen LogP contribution < -0.4 is 5.32 Å². The molecule has 2 aromatic carbocycles. The SMILES string of the molecule is CCCNC(Cc1cccc(Cl)c1)c1cccc(Cl)c1Cl. The van der Waals surface area contributed by atoms with Gasteiger partial charge >= 0.3 is 0 Å². The summed E-state index contributed by atoms with van der Waals surface area (Å²) in [7, 11) is 0. The summed E-state index contributed by atoms with van der Waals surface area (Å²) in [5, 5.41) is 5.49. The molecule has 0 saturated heterocycles. The molecule has 4 heteroatoms. The number of nitrogens with one attached hydrogen (secondary N) is 1. The molecule has 21 heavy (non-hydrogen) atoms. The third-order valence-electron chi connectivity index (χ3n) is 3.33. The number of rotatable bonds is 6. The van der Waals surface area contributed by atoms with Crippen LogP contribution in [0.5, 0.6) is 0 Å². The van der Waals surface area contributed by atoms with Crippen LogP contribution in [0, 0.1) is 0 Å². The van der Waals surface area contributed by atoms with Crippen molar-refractivity contribution in [2.75, 3.05) is 6.54 Å². The maximum absolute atomic E-state index is 6.37. The van der Waals surface area contributed by atoms with Gasteiger partial charge in [-0.05, 0) is 48.7 Å². The van der Waals surface area contributed by atoms with Crippen LogP contribution in [0.25, 0.3) is 0 Å². The molecule has 112 valence electrons. The first-order valence-electron chi connectivity index (χ1n) is 7.03. The zero-order valence-electron chi connectivity index (χ0n) is 11.9. The van der Waals surface area contributed by atoms with Gasteiger partial charge in [-0.1, -0.05) is 66.0 Å². The summed E-state index contributed by atoms with van der Waals surface area (Å²) < 4.78 is 0. The van der Waals surface area contributed by atoms with Gasteiger partial charge in [0, 0.05) is 11.1 Å². The fraction of sp³-hybridized carbons (Fsp3) is 0.294. The highest BCUT2D eigenvalue weighted by atomic mass is 35.5. The minimum atomic E-state index is 0.120. The van der Waals surface area contributed by atoms with Crippen LogP contribution in [0.3, 0.4) is 0 Å². The molecule has 0 saturated carbocycles. The molecule has 1 atom stereocenters. The van der Waals surface area contributed by atoms with Gasteiger partial charge in [0.25, 0.3) is 0 Å². The van der Waals surface area contributed by atoms with Crippen LogP contribution in [0.1, 0.15) is 30.5 Å². The fourth-order valence-electron chi connectivity index (χ4n) is 2.30. The van der Waals surface area contributed by atoms with Crippen LogP contribution >= 0.6 is 34.8 Å². The van der Waals surface area contributed by atoms with E-state index in [1.54, 1.807) is 0 Å². The van der Waals surface area contributed by atoms with Crippen LogP contribution in [0.2, 0.25) is 15.1 Å². The van der Waals surface area contributed by atoms with E-state index in [0.29, 0.717) is 10.0 Å². The predicted octanol–water partition coefficient (Wildman–Crippen LogP) is 5.93. The lowest BCUT2D eigenvalue weighted by Crippen LogP contribution is -2.24. The molecule has 0 fully saturated rings. The molecule has 2 aromatic rings. The van der Waals surface area contributed by atoms with E-state index in [0.717, 1.165) is 30.0 Å². The number of benzene rings is 2. The lowest BCUT2D eigenvalue weighted by atomic mass is 9.98. The van der Waals surface area contributed by atoms with E-state index in [4.69, 9.17) is 34.8 Å². The lowest BCUT2D eigenvalue weighted by Gasteiger charge is -2.21. The Hall–Kier alpha value is -0.730. The normalized spacial score (nSPS) is 12.4. The number of hydrogen-bond acceptors (Lipinski definition) is 1. The molecule has 1 nitrogen and oxygen atoms in total. The highest BCUT2D eigenvalue weighted by Gasteiger charge is 2.16. The minimum absolute atomic E-state index is 0.120. The van der Waals surface area contributed by atoms with E-state index < -0.39 is 0 Å². The molecular formula is C17H18Cl3N. The summed E-state index contributed by atoms with van der Waals surface area (Å²) in [6.45, 7) is 3.07. The first-order valence-corrected chi connectivity index (χ1v) is 8.17. The average Bonchev–Trinajstić information content (AvgIpc) is 2.47. The van der Waals surface area contributed by atoms with Crippen LogP contribution in [0.15, 0.2) is 42.5 Å². The number of hydrogen-bond donors (Lipinski definition) is 1. The van der Waals surface area contributed by atoms with Crippen LogP contribution in [-0.4, -0.2) is 6.54 Å². The first-order chi connectivity index (χ1) is 10.1. The molecule has 0 bridgehead atoms. The van der Waals surface area contributed by atoms with Crippen molar-refractivity contribution in [2.24, 2.45) is 0 Å². The lowest BCUT2D eigenvalue weighted by molar-refractivity contribution is 0.529. The third kappa shape index (κ3) is 4.62. The van der Waals surface area contributed by atoms with Gasteiger partial charge in [-0.3, -0.25) is 0 Å². The fourth-order valence-corrected chi connectivity index (χ4v) is 2.95. The smallest absolute Gasteiger partial charge is 0.0640 e. The van der Waals surface area contributed by atoms with Crippen molar-refractivity contribution in [2.45, 2.75) is 25.8 Å². The van der Waals surface area contributed by atoms with Crippen molar-refractivity contribution in [3.8, 4) is 0 Å². The summed E-state index contributed by atoms with van der Waals surface area (Å²) in [6, 6.07) is 13.8. The average molecular weight is 343 g/mol. The monoisotopic (exact) mass is 341 g/mol. The maximum Gasteiger partial charge on any atom is 0.0640 e. The van der Waals surface area contributed by atoms with Crippen LogP contribution in [0.4, 0.5) is 0 Å². The van der Waals surface area contributed by atoms with Crippen molar-refractivity contribution < 1.29 is 0 Å². The zero-order valence-corrected chi connectivity index (χ0v) is 14.1. The van der Waals surface area contributed by atoms with Crippen molar-refractivity contribution in [3.05, 3.63) is 68.7 Å². The minimum Gasteiger partial charge on any atom is -0.310 e. The van der Waals surface area contributed by atoms with Gasteiger partial charge in [0.2, 0.25) is 0 Å². The quantitative estimate of drug-likeness (QED) is 0.686. The van der Waals surface area contributed by atoms with Crippen molar-refractivity contribution in [3.63, 3.8) is 0 Å². The maximum atomic E-state index is 6.37. The Morgan fingerprint density at radius 2 is 1.81 bits per heavy atom. The predicted molar refractivity (Wildman–Crippen MR) is 92.7 cm³/mol. The van der Waals surface area contributed by atoms with Gasteiger partial charge in [-0.25, -0.2) is 0 Å². The molecule has 0 aromatic heterocycles. The van der Waals surface area contributed by atoms with Crippen LogP contribution in [-0.2, 0) is 6.42 Å². The van der Waals surface area contributed by atoms with Gasteiger partial charge in [0.05, 0.1) is 10.0 Å². The van der Waals surface area contributed by atoms with Gasteiger partial charge < -0.3 is 5.32 Å². The molecule has 0 aliphatic carbocycles. The zero-order chi connectivity index (χ0) is 15.2. The van der Waals surface area contributed by atoms with E-state index in [1.807, 2.05) is 36.4 Å². The Morgan fingerprint density at radius 3 is 2.52 bits per heavy atom. The Bertz CT molecular complexity index is 598. The molecule has 0 amide bonds. The topological polar surface area (TPSA) is 12.0 Å². The highest BCUT2D eigenvalue weighted by molar-refractivity contribution is 6.42. The second-order valence-corrected chi connectivity index (χ2v) is 6.21.